The van der Waals surface area contributed by atoms with E-state index in [4.69, 9.17) is 0 Å². The summed E-state index contributed by atoms with van der Waals surface area (Å²) in [7, 11) is 0. The molecule has 0 aliphatic carbocycles. The molecule has 21 heavy (non-hydrogen) atoms. The lowest BCUT2D eigenvalue weighted by atomic mass is 10.0. The predicted molar refractivity (Wildman–Crippen MR) is 83.4 cm³/mol. The van der Waals surface area contributed by atoms with Crippen LogP contribution in [0.2, 0.25) is 0 Å². The first-order chi connectivity index (χ1) is 10.3. The van der Waals surface area contributed by atoms with Gasteiger partial charge in [0.05, 0.1) is 0 Å². The van der Waals surface area contributed by atoms with Crippen LogP contribution in [0.3, 0.4) is 0 Å². The quantitative estimate of drug-likeness (QED) is 0.940. The number of pyridine rings is 1. The number of rotatable bonds is 3. The van der Waals surface area contributed by atoms with E-state index in [0.29, 0.717) is 0 Å². The number of hydrogen-bond donors (Lipinski definition) is 1. The Morgan fingerprint density at radius 2 is 1.76 bits per heavy atom. The van der Waals surface area contributed by atoms with Gasteiger partial charge in [-0.1, -0.05) is 24.3 Å². The van der Waals surface area contributed by atoms with Crippen LogP contribution in [-0.4, -0.2) is 30.0 Å². The topological polar surface area (TPSA) is 45.2 Å². The number of nitrogens with one attached hydrogen (secondary N) is 1. The molecule has 1 aromatic carbocycles. The average Bonchev–Trinajstić information content (AvgIpc) is 2.57. The Labute approximate surface area is 124 Å². The molecule has 0 radical (unpaired) electrons. The van der Waals surface area contributed by atoms with Crippen molar-refractivity contribution in [3.05, 3.63) is 60.3 Å². The molecular weight excluding hydrogens is 262 g/mol. The van der Waals surface area contributed by atoms with Gasteiger partial charge in [0.25, 0.3) is 5.91 Å². The minimum atomic E-state index is 0.0203. The minimum Gasteiger partial charge on any atom is -0.356 e. The third-order valence-electron chi connectivity index (χ3n) is 3.84. The fraction of sp³-hybridized carbons (Fsp3) is 0.294. The molecule has 4 nitrogen and oxygen atoms in total. The Kier molecular flexibility index (Phi) is 4.15. The molecule has 0 atom stereocenters. The van der Waals surface area contributed by atoms with Crippen LogP contribution >= 0.6 is 0 Å². The monoisotopic (exact) mass is 281 g/mol. The summed E-state index contributed by atoms with van der Waals surface area (Å²) in [5, 5.41) is 3.12. The van der Waals surface area contributed by atoms with Gasteiger partial charge in [0.15, 0.2) is 0 Å². The van der Waals surface area contributed by atoms with E-state index in [-0.39, 0.29) is 11.9 Å². The molecule has 0 saturated carbocycles. The highest BCUT2D eigenvalue weighted by molar-refractivity contribution is 5.94. The second-order valence-corrected chi connectivity index (χ2v) is 5.29. The van der Waals surface area contributed by atoms with E-state index in [0.717, 1.165) is 37.3 Å². The summed E-state index contributed by atoms with van der Waals surface area (Å²) in [6.45, 7) is 1.85. The first-order valence-corrected chi connectivity index (χ1v) is 7.35. The lowest BCUT2D eigenvalue weighted by Gasteiger charge is -2.33. The molecule has 0 spiro atoms. The fourth-order valence-electron chi connectivity index (χ4n) is 2.65. The molecule has 1 aliphatic heterocycles. The molecule has 1 N–H and O–H groups in total. The number of piperidine rings is 1. The highest BCUT2D eigenvalue weighted by Crippen LogP contribution is 2.17. The van der Waals surface area contributed by atoms with Gasteiger partial charge in [-0.3, -0.25) is 4.79 Å². The molecule has 0 unspecified atom stereocenters. The molecule has 1 fully saturated rings. The van der Waals surface area contributed by atoms with E-state index in [1.165, 1.54) is 0 Å². The zero-order valence-electron chi connectivity index (χ0n) is 11.9. The van der Waals surface area contributed by atoms with E-state index in [2.05, 4.69) is 15.2 Å². The van der Waals surface area contributed by atoms with Crippen LogP contribution in [-0.2, 0) is 0 Å². The Hall–Kier alpha value is -2.36. The molecule has 2 heterocycles. The van der Waals surface area contributed by atoms with Crippen LogP contribution < -0.4 is 10.2 Å². The Balaban J connectivity index is 1.53. The van der Waals surface area contributed by atoms with Crippen molar-refractivity contribution in [1.82, 2.24) is 10.3 Å². The number of nitrogens with zero attached hydrogens (tertiary/aromatic N) is 2. The van der Waals surface area contributed by atoms with Crippen molar-refractivity contribution in [2.45, 2.75) is 18.9 Å². The molecule has 1 aromatic heterocycles. The van der Waals surface area contributed by atoms with Crippen LogP contribution in [0.5, 0.6) is 0 Å². The molecule has 2 aromatic rings. The normalized spacial score (nSPS) is 15.7. The Morgan fingerprint density at radius 3 is 2.43 bits per heavy atom. The summed E-state index contributed by atoms with van der Waals surface area (Å²) in [5.74, 6) is 1.04. The number of amides is 1. The van der Waals surface area contributed by atoms with Crippen molar-refractivity contribution in [2.24, 2.45) is 0 Å². The molecule has 1 aliphatic rings. The third-order valence-corrected chi connectivity index (χ3v) is 3.84. The smallest absolute Gasteiger partial charge is 0.251 e. The van der Waals surface area contributed by atoms with Crippen molar-refractivity contribution in [1.29, 1.82) is 0 Å². The first-order valence-electron chi connectivity index (χ1n) is 7.35. The summed E-state index contributed by atoms with van der Waals surface area (Å²) in [5.41, 5.74) is 0.727. The van der Waals surface area contributed by atoms with Gasteiger partial charge < -0.3 is 10.2 Å². The number of hydrogen-bond acceptors (Lipinski definition) is 3. The SMILES string of the molecule is O=C(NC1CCN(c2ccccn2)CC1)c1ccccc1. The number of benzene rings is 1. The molecule has 0 bridgehead atoms. The molecule has 4 heteroatoms. The minimum absolute atomic E-state index is 0.0203. The standard InChI is InChI=1S/C17H19N3O/c21-17(14-6-2-1-3-7-14)19-15-9-12-20(13-10-15)16-8-4-5-11-18-16/h1-8,11,15H,9-10,12-13H2,(H,19,21). The summed E-state index contributed by atoms with van der Waals surface area (Å²) in [6.07, 6.45) is 3.73. The predicted octanol–water partition coefficient (Wildman–Crippen LogP) is 2.48. The van der Waals surface area contributed by atoms with E-state index >= 15 is 0 Å². The van der Waals surface area contributed by atoms with Crippen molar-refractivity contribution < 1.29 is 4.79 Å². The summed E-state index contributed by atoms with van der Waals surface area (Å²) in [6, 6.07) is 15.6. The van der Waals surface area contributed by atoms with Gasteiger partial charge in [-0.05, 0) is 37.1 Å². The summed E-state index contributed by atoms with van der Waals surface area (Å²) >= 11 is 0. The van der Waals surface area contributed by atoms with Crippen LogP contribution in [0.1, 0.15) is 23.2 Å². The lowest BCUT2D eigenvalue weighted by Crippen LogP contribution is -2.44. The van der Waals surface area contributed by atoms with Gasteiger partial charge in [0.2, 0.25) is 0 Å². The van der Waals surface area contributed by atoms with Gasteiger partial charge in [-0.15, -0.1) is 0 Å². The molecule has 108 valence electrons. The second kappa shape index (κ2) is 6.39. The molecule has 1 amide bonds. The van der Waals surface area contributed by atoms with E-state index < -0.39 is 0 Å². The van der Waals surface area contributed by atoms with Gasteiger partial charge in [0, 0.05) is 30.9 Å². The molecule has 1 saturated heterocycles. The van der Waals surface area contributed by atoms with Gasteiger partial charge in [0.1, 0.15) is 5.82 Å². The third kappa shape index (κ3) is 3.40. The maximum Gasteiger partial charge on any atom is 0.251 e. The average molecular weight is 281 g/mol. The highest BCUT2D eigenvalue weighted by Gasteiger charge is 2.21. The highest BCUT2D eigenvalue weighted by atomic mass is 16.1. The van der Waals surface area contributed by atoms with Gasteiger partial charge >= 0.3 is 0 Å². The second-order valence-electron chi connectivity index (χ2n) is 5.29. The van der Waals surface area contributed by atoms with Crippen molar-refractivity contribution >= 4 is 11.7 Å². The first kappa shape index (κ1) is 13.6. The Bertz CT molecular complexity index is 577. The van der Waals surface area contributed by atoms with Gasteiger partial charge in [-0.25, -0.2) is 4.98 Å². The Morgan fingerprint density at radius 1 is 1.05 bits per heavy atom. The maximum atomic E-state index is 12.1. The fourth-order valence-corrected chi connectivity index (χ4v) is 2.65. The zero-order chi connectivity index (χ0) is 14.5. The van der Waals surface area contributed by atoms with Crippen molar-refractivity contribution in [3.63, 3.8) is 0 Å². The van der Waals surface area contributed by atoms with Crippen LogP contribution in [0.25, 0.3) is 0 Å². The zero-order valence-corrected chi connectivity index (χ0v) is 11.9. The largest absolute Gasteiger partial charge is 0.356 e. The van der Waals surface area contributed by atoms with Crippen LogP contribution in [0.4, 0.5) is 5.82 Å². The van der Waals surface area contributed by atoms with E-state index in [1.807, 2.05) is 54.7 Å². The maximum absolute atomic E-state index is 12.1. The molecular formula is C17H19N3O. The van der Waals surface area contributed by atoms with Crippen LogP contribution in [0.15, 0.2) is 54.7 Å². The summed E-state index contributed by atoms with van der Waals surface area (Å²) in [4.78, 5) is 18.8. The van der Waals surface area contributed by atoms with Gasteiger partial charge in [-0.2, -0.15) is 0 Å². The van der Waals surface area contributed by atoms with E-state index in [9.17, 15) is 4.79 Å². The van der Waals surface area contributed by atoms with Crippen LogP contribution in [0, 0.1) is 0 Å². The number of carbonyl (C=O) groups excluding carboxylic acids is 1. The van der Waals surface area contributed by atoms with Crippen molar-refractivity contribution in [3.8, 4) is 0 Å². The number of carbonyl (C=O) groups is 1. The number of anilines is 1. The lowest BCUT2D eigenvalue weighted by molar-refractivity contribution is 0.0931. The number of aromatic nitrogens is 1. The van der Waals surface area contributed by atoms with E-state index in [1.54, 1.807) is 0 Å². The summed E-state index contributed by atoms with van der Waals surface area (Å²) < 4.78 is 0. The molecule has 3 rings (SSSR count). The van der Waals surface area contributed by atoms with Crippen molar-refractivity contribution in [2.75, 3.05) is 18.0 Å².